The standard InChI is InChI=1S/C51H33N3O/c1-5-16-34(17-6-1)35-28-30-36(31-29-35)44-33-45(54-51(53-44)39-22-11-4-12-23-39)40-24-15-25-41(32-40)48-50-47(42-26-13-14-27-43(42)52-48)46(37-18-7-2-8-19-37)49(55-50)38-20-9-3-10-21-38/h1-33H. The molecule has 0 bridgehead atoms. The second-order valence-electron chi connectivity index (χ2n) is 13.6. The van der Waals surface area contributed by atoms with E-state index in [1.165, 1.54) is 5.56 Å². The van der Waals surface area contributed by atoms with Crippen molar-refractivity contribution in [1.82, 2.24) is 15.0 Å². The number of rotatable bonds is 7. The Morgan fingerprint density at radius 2 is 0.855 bits per heavy atom. The highest BCUT2D eigenvalue weighted by atomic mass is 16.3. The van der Waals surface area contributed by atoms with Crippen molar-refractivity contribution in [3.63, 3.8) is 0 Å². The highest BCUT2D eigenvalue weighted by molar-refractivity contribution is 6.18. The van der Waals surface area contributed by atoms with Crippen LogP contribution in [0.15, 0.2) is 205 Å². The summed E-state index contributed by atoms with van der Waals surface area (Å²) in [5.74, 6) is 1.49. The molecule has 258 valence electrons. The fourth-order valence-corrected chi connectivity index (χ4v) is 7.43. The third-order valence-corrected chi connectivity index (χ3v) is 10.1. The van der Waals surface area contributed by atoms with Crippen molar-refractivity contribution in [2.24, 2.45) is 0 Å². The Balaban J connectivity index is 1.16. The number of aromatic nitrogens is 3. The quantitative estimate of drug-likeness (QED) is 0.166. The molecule has 0 unspecified atom stereocenters. The molecule has 4 nitrogen and oxygen atoms in total. The molecule has 0 aliphatic heterocycles. The lowest BCUT2D eigenvalue weighted by Gasteiger charge is -2.12. The molecule has 0 fully saturated rings. The molecule has 4 heteroatoms. The van der Waals surface area contributed by atoms with Crippen LogP contribution in [0.25, 0.3) is 101 Å². The third kappa shape index (κ3) is 6.06. The van der Waals surface area contributed by atoms with Crippen molar-refractivity contribution < 1.29 is 4.42 Å². The van der Waals surface area contributed by atoms with Crippen molar-refractivity contribution in [2.75, 3.05) is 0 Å². The van der Waals surface area contributed by atoms with Crippen molar-refractivity contribution in [3.8, 4) is 78.7 Å². The summed E-state index contributed by atoms with van der Waals surface area (Å²) in [4.78, 5) is 15.5. The van der Waals surface area contributed by atoms with Gasteiger partial charge in [0, 0.05) is 44.2 Å². The average molecular weight is 704 g/mol. The molecule has 0 amide bonds. The maximum absolute atomic E-state index is 6.99. The van der Waals surface area contributed by atoms with Gasteiger partial charge in [0.1, 0.15) is 11.5 Å². The van der Waals surface area contributed by atoms with E-state index >= 15 is 0 Å². The third-order valence-electron chi connectivity index (χ3n) is 10.1. The van der Waals surface area contributed by atoms with E-state index in [4.69, 9.17) is 19.4 Å². The van der Waals surface area contributed by atoms with Gasteiger partial charge >= 0.3 is 0 Å². The van der Waals surface area contributed by atoms with Crippen molar-refractivity contribution in [3.05, 3.63) is 200 Å². The number of para-hydroxylation sites is 1. The highest BCUT2D eigenvalue weighted by Crippen LogP contribution is 2.46. The topological polar surface area (TPSA) is 51.8 Å². The van der Waals surface area contributed by atoms with Crippen LogP contribution < -0.4 is 0 Å². The molecule has 3 heterocycles. The fourth-order valence-electron chi connectivity index (χ4n) is 7.43. The molecule has 0 saturated heterocycles. The van der Waals surface area contributed by atoms with Crippen LogP contribution in [0.4, 0.5) is 0 Å². The molecule has 0 atom stereocenters. The van der Waals surface area contributed by atoms with E-state index in [1.54, 1.807) is 0 Å². The number of furan rings is 1. The summed E-state index contributed by atoms with van der Waals surface area (Å²) < 4.78 is 6.99. The summed E-state index contributed by atoms with van der Waals surface area (Å²) in [5.41, 5.74) is 13.5. The second-order valence-corrected chi connectivity index (χ2v) is 13.6. The predicted molar refractivity (Wildman–Crippen MR) is 225 cm³/mol. The lowest BCUT2D eigenvalue weighted by atomic mass is 9.95. The van der Waals surface area contributed by atoms with Gasteiger partial charge in [0.25, 0.3) is 0 Å². The monoisotopic (exact) mass is 703 g/mol. The minimum absolute atomic E-state index is 0.669. The first-order chi connectivity index (χ1) is 27.3. The van der Waals surface area contributed by atoms with Crippen LogP contribution >= 0.6 is 0 Å². The Bertz CT molecular complexity index is 2940. The van der Waals surface area contributed by atoms with E-state index in [0.29, 0.717) is 5.82 Å². The maximum atomic E-state index is 6.99. The number of hydrogen-bond acceptors (Lipinski definition) is 4. The summed E-state index contributed by atoms with van der Waals surface area (Å²) in [6, 6.07) is 68.9. The van der Waals surface area contributed by atoms with Gasteiger partial charge < -0.3 is 4.42 Å². The van der Waals surface area contributed by atoms with Gasteiger partial charge in [-0.3, -0.25) is 0 Å². The molecule has 7 aromatic carbocycles. The molecular formula is C51H33N3O. The van der Waals surface area contributed by atoms with Gasteiger partial charge in [-0.1, -0.05) is 182 Å². The summed E-state index contributed by atoms with van der Waals surface area (Å²) in [7, 11) is 0. The van der Waals surface area contributed by atoms with Gasteiger partial charge in [-0.2, -0.15) is 0 Å². The normalized spacial score (nSPS) is 11.3. The molecule has 3 aromatic heterocycles. The average Bonchev–Trinajstić information content (AvgIpc) is 3.69. The number of pyridine rings is 1. The first kappa shape index (κ1) is 32.2. The van der Waals surface area contributed by atoms with E-state index in [2.05, 4.69) is 158 Å². The fraction of sp³-hybridized carbons (Fsp3) is 0. The van der Waals surface area contributed by atoms with Crippen molar-refractivity contribution >= 4 is 21.9 Å². The van der Waals surface area contributed by atoms with E-state index in [-0.39, 0.29) is 0 Å². The summed E-state index contributed by atoms with van der Waals surface area (Å²) in [6.07, 6.45) is 0. The smallest absolute Gasteiger partial charge is 0.162 e. The Morgan fingerprint density at radius 1 is 0.345 bits per heavy atom. The minimum Gasteiger partial charge on any atom is -0.453 e. The first-order valence-electron chi connectivity index (χ1n) is 18.4. The van der Waals surface area contributed by atoms with Gasteiger partial charge in [-0.15, -0.1) is 0 Å². The molecule has 0 aliphatic rings. The zero-order valence-electron chi connectivity index (χ0n) is 29.8. The summed E-state index contributed by atoms with van der Waals surface area (Å²) >= 11 is 0. The Labute approximate surface area is 319 Å². The van der Waals surface area contributed by atoms with Gasteiger partial charge in [0.05, 0.1) is 16.9 Å². The molecule has 0 N–H and O–H groups in total. The predicted octanol–water partition coefficient (Wildman–Crippen LogP) is 13.4. The van der Waals surface area contributed by atoms with Gasteiger partial charge in [0.15, 0.2) is 11.4 Å². The van der Waals surface area contributed by atoms with E-state index in [9.17, 15) is 0 Å². The van der Waals surface area contributed by atoms with Gasteiger partial charge in [-0.05, 0) is 34.9 Å². The van der Waals surface area contributed by atoms with Crippen LogP contribution in [0.5, 0.6) is 0 Å². The van der Waals surface area contributed by atoms with E-state index < -0.39 is 0 Å². The lowest BCUT2D eigenvalue weighted by molar-refractivity contribution is 0.632. The van der Waals surface area contributed by atoms with Crippen LogP contribution in [0.1, 0.15) is 0 Å². The number of fused-ring (bicyclic) bond motifs is 3. The lowest BCUT2D eigenvalue weighted by Crippen LogP contribution is -1.96. The van der Waals surface area contributed by atoms with E-state index in [0.717, 1.165) is 89.2 Å². The van der Waals surface area contributed by atoms with Gasteiger partial charge in [0.2, 0.25) is 0 Å². The molecule has 0 saturated carbocycles. The van der Waals surface area contributed by atoms with Crippen LogP contribution in [-0.2, 0) is 0 Å². The molecule has 10 aromatic rings. The Morgan fingerprint density at radius 3 is 1.55 bits per heavy atom. The van der Waals surface area contributed by atoms with Crippen LogP contribution in [0.3, 0.4) is 0 Å². The summed E-state index contributed by atoms with van der Waals surface area (Å²) in [6.45, 7) is 0. The SMILES string of the molecule is c1ccc(-c2ccc(-c3cc(-c4cccc(-c5nc6ccccc6c6c(-c7ccccc7)c(-c7ccccc7)oc56)c4)nc(-c4ccccc4)n3)cc2)cc1. The minimum atomic E-state index is 0.669. The zero-order chi connectivity index (χ0) is 36.6. The van der Waals surface area contributed by atoms with Crippen LogP contribution in [-0.4, -0.2) is 15.0 Å². The molecule has 55 heavy (non-hydrogen) atoms. The molecule has 10 rings (SSSR count). The Hall–Kier alpha value is -7.43. The maximum Gasteiger partial charge on any atom is 0.162 e. The zero-order valence-corrected chi connectivity index (χ0v) is 29.8. The number of benzene rings is 7. The molecule has 0 spiro atoms. The second kappa shape index (κ2) is 13.8. The summed E-state index contributed by atoms with van der Waals surface area (Å²) in [5, 5.41) is 2.10. The Kier molecular flexibility index (Phi) is 8.12. The number of nitrogens with zero attached hydrogens (tertiary/aromatic N) is 3. The van der Waals surface area contributed by atoms with Crippen molar-refractivity contribution in [2.45, 2.75) is 0 Å². The van der Waals surface area contributed by atoms with E-state index in [1.807, 2.05) is 42.5 Å². The number of hydrogen-bond donors (Lipinski definition) is 0. The van der Waals surface area contributed by atoms with Gasteiger partial charge in [-0.25, -0.2) is 15.0 Å². The van der Waals surface area contributed by atoms with Crippen LogP contribution in [0, 0.1) is 0 Å². The molecule has 0 aliphatic carbocycles. The molecule has 0 radical (unpaired) electrons. The highest BCUT2D eigenvalue weighted by Gasteiger charge is 2.24. The van der Waals surface area contributed by atoms with Crippen molar-refractivity contribution in [1.29, 1.82) is 0 Å². The molecular weight excluding hydrogens is 671 g/mol. The first-order valence-corrected chi connectivity index (χ1v) is 18.4. The van der Waals surface area contributed by atoms with Crippen LogP contribution in [0.2, 0.25) is 0 Å². The largest absolute Gasteiger partial charge is 0.453 e.